The summed E-state index contributed by atoms with van der Waals surface area (Å²) in [6.45, 7) is 0.814. The van der Waals surface area contributed by atoms with Crippen molar-refractivity contribution in [1.82, 2.24) is 19.9 Å². The first-order valence-corrected chi connectivity index (χ1v) is 11.7. The number of hydrogen-bond donors (Lipinski definition) is 1. The first kappa shape index (κ1) is 23.1. The lowest BCUT2D eigenvalue weighted by Gasteiger charge is -2.29. The van der Waals surface area contributed by atoms with Gasteiger partial charge in [0.1, 0.15) is 23.7 Å². The van der Waals surface area contributed by atoms with Crippen molar-refractivity contribution in [1.29, 1.82) is 0 Å². The molecule has 2 aromatic rings. The average Bonchev–Trinajstić information content (AvgIpc) is 3.15. The quantitative estimate of drug-likeness (QED) is 0.642. The van der Waals surface area contributed by atoms with Gasteiger partial charge in [-0.15, -0.1) is 5.10 Å². The number of benzene rings is 1. The number of carboxylic acids is 1. The largest absolute Gasteiger partial charge is 0.490 e. The van der Waals surface area contributed by atoms with Crippen LogP contribution < -0.4 is 4.74 Å². The third-order valence-electron chi connectivity index (χ3n) is 6.75. The highest BCUT2D eigenvalue weighted by molar-refractivity contribution is 5.70. The molecule has 33 heavy (non-hydrogen) atoms. The molecule has 178 valence electrons. The van der Waals surface area contributed by atoms with Crippen LogP contribution in [0.2, 0.25) is 0 Å². The number of amides is 1. The maximum atomic E-state index is 12.4. The van der Waals surface area contributed by atoms with Crippen LogP contribution in [0.3, 0.4) is 0 Å². The first-order chi connectivity index (χ1) is 15.9. The molecule has 1 heterocycles. The van der Waals surface area contributed by atoms with Crippen molar-refractivity contribution in [2.24, 2.45) is 18.9 Å². The standard InChI is InChI=1S/C24H32N4O5/c1-27(14-16-5-3-6-16)24(31)32-15-21-22(25-26-28(21)2)17-9-11-19(12-10-17)33-20-8-4-7-18(13-20)23(29)30/h9-12,16,18,20H,3-8,13-15H2,1-2H3,(H,29,30)/t18-,20-/m0/s1. The summed E-state index contributed by atoms with van der Waals surface area (Å²) in [6.07, 6.45) is 6.13. The van der Waals surface area contributed by atoms with Gasteiger partial charge in [0.05, 0.1) is 12.0 Å². The molecule has 1 amide bonds. The smallest absolute Gasteiger partial charge is 0.409 e. The van der Waals surface area contributed by atoms with E-state index in [9.17, 15) is 14.7 Å². The van der Waals surface area contributed by atoms with E-state index in [1.165, 1.54) is 19.3 Å². The van der Waals surface area contributed by atoms with E-state index < -0.39 is 5.97 Å². The lowest BCUT2D eigenvalue weighted by Crippen LogP contribution is -2.34. The molecule has 2 aliphatic rings. The number of ether oxygens (including phenoxy) is 2. The van der Waals surface area contributed by atoms with Crippen molar-refractivity contribution in [3.63, 3.8) is 0 Å². The third kappa shape index (κ3) is 5.64. The number of aryl methyl sites for hydroxylation is 1. The van der Waals surface area contributed by atoms with Crippen LogP contribution in [-0.2, 0) is 23.2 Å². The predicted molar refractivity (Wildman–Crippen MR) is 121 cm³/mol. The van der Waals surface area contributed by atoms with Crippen LogP contribution in [0.15, 0.2) is 24.3 Å². The van der Waals surface area contributed by atoms with Crippen molar-refractivity contribution in [3.05, 3.63) is 30.0 Å². The maximum Gasteiger partial charge on any atom is 0.409 e. The van der Waals surface area contributed by atoms with Crippen LogP contribution in [0.25, 0.3) is 11.3 Å². The molecule has 2 atom stereocenters. The number of carbonyl (C=O) groups is 2. The van der Waals surface area contributed by atoms with Crippen LogP contribution in [-0.4, -0.2) is 56.8 Å². The summed E-state index contributed by atoms with van der Waals surface area (Å²) in [4.78, 5) is 25.3. The molecule has 0 aliphatic heterocycles. The van der Waals surface area contributed by atoms with Gasteiger partial charge in [-0.3, -0.25) is 4.79 Å². The molecule has 9 nitrogen and oxygen atoms in total. The van der Waals surface area contributed by atoms with Gasteiger partial charge >= 0.3 is 12.1 Å². The zero-order valence-corrected chi connectivity index (χ0v) is 19.3. The zero-order valence-electron chi connectivity index (χ0n) is 19.3. The fourth-order valence-electron chi connectivity index (χ4n) is 4.50. The molecular formula is C24H32N4O5. The topological polar surface area (TPSA) is 107 Å². The van der Waals surface area contributed by atoms with Gasteiger partial charge < -0.3 is 19.5 Å². The minimum absolute atomic E-state index is 0.0869. The number of aromatic nitrogens is 3. The molecule has 0 radical (unpaired) electrons. The molecule has 0 bridgehead atoms. The third-order valence-corrected chi connectivity index (χ3v) is 6.75. The molecule has 0 saturated heterocycles. The van der Waals surface area contributed by atoms with E-state index in [1.54, 1.807) is 23.7 Å². The Labute approximate surface area is 193 Å². The molecule has 2 saturated carbocycles. The summed E-state index contributed by atoms with van der Waals surface area (Å²) >= 11 is 0. The predicted octanol–water partition coefficient (Wildman–Crippen LogP) is 3.87. The maximum absolute atomic E-state index is 12.4. The van der Waals surface area contributed by atoms with E-state index in [0.29, 0.717) is 35.9 Å². The Morgan fingerprint density at radius 2 is 1.88 bits per heavy atom. The van der Waals surface area contributed by atoms with E-state index in [-0.39, 0.29) is 24.7 Å². The molecule has 0 unspecified atom stereocenters. The number of carbonyl (C=O) groups excluding carboxylic acids is 1. The molecule has 2 fully saturated rings. The molecule has 1 aromatic carbocycles. The molecule has 2 aliphatic carbocycles. The second kappa shape index (κ2) is 10.2. The van der Waals surface area contributed by atoms with Gasteiger partial charge in [-0.05, 0) is 68.7 Å². The van der Waals surface area contributed by atoms with Crippen LogP contribution in [0.5, 0.6) is 5.75 Å². The molecule has 1 N–H and O–H groups in total. The van der Waals surface area contributed by atoms with Crippen LogP contribution >= 0.6 is 0 Å². The highest BCUT2D eigenvalue weighted by Gasteiger charge is 2.28. The summed E-state index contributed by atoms with van der Waals surface area (Å²) in [7, 11) is 3.55. The highest BCUT2D eigenvalue weighted by atomic mass is 16.6. The van der Waals surface area contributed by atoms with E-state index in [4.69, 9.17) is 9.47 Å². The van der Waals surface area contributed by atoms with Crippen molar-refractivity contribution in [2.45, 2.75) is 57.7 Å². The van der Waals surface area contributed by atoms with Crippen molar-refractivity contribution in [2.75, 3.05) is 13.6 Å². The van der Waals surface area contributed by atoms with E-state index in [1.807, 2.05) is 24.3 Å². The molecular weight excluding hydrogens is 424 g/mol. The summed E-state index contributed by atoms with van der Waals surface area (Å²) < 4.78 is 13.2. The fraction of sp³-hybridized carbons (Fsp3) is 0.583. The SMILES string of the molecule is CN(CC1CCC1)C(=O)OCc1c(-c2ccc(O[C@H]3CCC[C@H](C(=O)O)C3)cc2)nnn1C. The van der Waals surface area contributed by atoms with Crippen LogP contribution in [0.4, 0.5) is 4.79 Å². The van der Waals surface area contributed by atoms with Crippen LogP contribution in [0.1, 0.15) is 50.6 Å². The number of carboxylic acid groups (broad SMARTS) is 1. The van der Waals surface area contributed by atoms with E-state index in [2.05, 4.69) is 10.3 Å². The average molecular weight is 457 g/mol. The van der Waals surface area contributed by atoms with E-state index >= 15 is 0 Å². The first-order valence-electron chi connectivity index (χ1n) is 11.7. The van der Waals surface area contributed by atoms with Crippen molar-refractivity contribution < 1.29 is 24.2 Å². The second-order valence-corrected chi connectivity index (χ2v) is 9.21. The molecule has 9 heteroatoms. The molecule has 1 aromatic heterocycles. The molecule has 0 spiro atoms. The summed E-state index contributed by atoms with van der Waals surface area (Å²) in [5, 5.41) is 17.6. The van der Waals surface area contributed by atoms with Gasteiger partial charge in [0, 0.05) is 26.2 Å². The highest BCUT2D eigenvalue weighted by Crippen LogP contribution is 2.30. The summed E-state index contributed by atoms with van der Waals surface area (Å²) in [5.74, 6) is 0.203. The molecule has 4 rings (SSSR count). The Hall–Kier alpha value is -3.10. The Bertz CT molecular complexity index is 970. The summed E-state index contributed by atoms with van der Waals surface area (Å²) in [5.41, 5.74) is 2.21. The van der Waals surface area contributed by atoms with Gasteiger partial charge in [-0.25, -0.2) is 9.48 Å². The fourth-order valence-corrected chi connectivity index (χ4v) is 4.50. The van der Waals surface area contributed by atoms with E-state index in [0.717, 1.165) is 24.9 Å². The lowest BCUT2D eigenvalue weighted by molar-refractivity contribution is -0.143. The number of rotatable bonds is 8. The number of nitrogens with zero attached hydrogens (tertiary/aromatic N) is 4. The monoisotopic (exact) mass is 456 g/mol. The zero-order chi connectivity index (χ0) is 23.4. The Morgan fingerprint density at radius 3 is 2.55 bits per heavy atom. The number of hydrogen-bond acceptors (Lipinski definition) is 6. The van der Waals surface area contributed by atoms with Crippen molar-refractivity contribution in [3.8, 4) is 17.0 Å². The van der Waals surface area contributed by atoms with Gasteiger partial charge in [-0.1, -0.05) is 11.6 Å². The summed E-state index contributed by atoms with van der Waals surface area (Å²) in [6, 6.07) is 7.50. The van der Waals surface area contributed by atoms with Crippen molar-refractivity contribution >= 4 is 12.1 Å². The normalized spacial score (nSPS) is 20.7. The number of aliphatic carboxylic acids is 1. The second-order valence-electron chi connectivity index (χ2n) is 9.21. The van der Waals surface area contributed by atoms with Gasteiger partial charge in [0.25, 0.3) is 0 Å². The minimum Gasteiger partial charge on any atom is -0.490 e. The Morgan fingerprint density at radius 1 is 1.15 bits per heavy atom. The van der Waals surface area contributed by atoms with Gasteiger partial charge in [0.15, 0.2) is 0 Å². The van der Waals surface area contributed by atoms with Gasteiger partial charge in [-0.2, -0.15) is 0 Å². The Balaban J connectivity index is 1.36. The lowest BCUT2D eigenvalue weighted by atomic mass is 9.85. The van der Waals surface area contributed by atoms with Gasteiger partial charge in [0.2, 0.25) is 0 Å². The minimum atomic E-state index is -0.747. The van der Waals surface area contributed by atoms with Crippen LogP contribution in [0, 0.1) is 11.8 Å². The Kier molecular flexibility index (Phi) is 7.15.